The van der Waals surface area contributed by atoms with E-state index in [9.17, 15) is 0 Å². The van der Waals surface area contributed by atoms with Crippen LogP contribution in [0.2, 0.25) is 0 Å². The van der Waals surface area contributed by atoms with E-state index in [4.69, 9.17) is 4.74 Å². The van der Waals surface area contributed by atoms with Crippen molar-refractivity contribution in [2.24, 2.45) is 0 Å². The van der Waals surface area contributed by atoms with Crippen molar-refractivity contribution < 1.29 is 4.74 Å². The van der Waals surface area contributed by atoms with Crippen LogP contribution in [-0.2, 0) is 11.2 Å². The molecule has 2 heterocycles. The van der Waals surface area contributed by atoms with Crippen LogP contribution in [0, 0.1) is 0 Å². The molecule has 1 aromatic heterocycles. The van der Waals surface area contributed by atoms with Gasteiger partial charge >= 0.3 is 0 Å². The molecule has 1 saturated heterocycles. The summed E-state index contributed by atoms with van der Waals surface area (Å²) in [5.74, 6) is 0.806. The summed E-state index contributed by atoms with van der Waals surface area (Å²) >= 11 is 0. The first kappa shape index (κ1) is 13.2. The van der Waals surface area contributed by atoms with E-state index < -0.39 is 0 Å². The second-order valence-electron chi connectivity index (χ2n) is 4.62. The van der Waals surface area contributed by atoms with Gasteiger partial charge in [-0.05, 0) is 12.0 Å². The van der Waals surface area contributed by atoms with E-state index in [0.29, 0.717) is 0 Å². The summed E-state index contributed by atoms with van der Waals surface area (Å²) < 4.78 is 5.34. The Morgan fingerprint density at radius 2 is 1.94 bits per heavy atom. The molecule has 18 heavy (non-hydrogen) atoms. The van der Waals surface area contributed by atoms with Crippen molar-refractivity contribution in [1.29, 1.82) is 0 Å². The molecule has 0 amide bonds. The van der Waals surface area contributed by atoms with Crippen molar-refractivity contribution in [3.8, 4) is 0 Å². The van der Waals surface area contributed by atoms with Gasteiger partial charge in [-0.15, -0.1) is 0 Å². The Morgan fingerprint density at radius 1 is 1.28 bits per heavy atom. The monoisotopic (exact) mass is 250 g/mol. The average Bonchev–Trinajstić information content (AvgIpc) is 2.46. The first-order valence-corrected chi connectivity index (χ1v) is 6.61. The van der Waals surface area contributed by atoms with E-state index in [2.05, 4.69) is 26.7 Å². The summed E-state index contributed by atoms with van der Waals surface area (Å²) in [5.41, 5.74) is 1.18. The molecular weight excluding hydrogens is 228 g/mol. The SMILES string of the molecule is CCc1cnc(N(C)CCN2CCOCC2)nc1. The molecule has 0 saturated carbocycles. The predicted octanol–water partition coefficient (Wildman–Crippen LogP) is 0.807. The van der Waals surface area contributed by atoms with Crippen molar-refractivity contribution in [2.45, 2.75) is 13.3 Å². The summed E-state index contributed by atoms with van der Waals surface area (Å²) in [6, 6.07) is 0. The van der Waals surface area contributed by atoms with Gasteiger partial charge in [0.25, 0.3) is 0 Å². The first-order chi connectivity index (χ1) is 8.79. The van der Waals surface area contributed by atoms with Crippen LogP contribution in [0.15, 0.2) is 12.4 Å². The third kappa shape index (κ3) is 3.65. The minimum Gasteiger partial charge on any atom is -0.379 e. The Bertz CT molecular complexity index is 349. The summed E-state index contributed by atoms with van der Waals surface area (Å²) in [5, 5.41) is 0. The van der Waals surface area contributed by atoms with E-state index in [-0.39, 0.29) is 0 Å². The zero-order chi connectivity index (χ0) is 12.8. The van der Waals surface area contributed by atoms with Gasteiger partial charge in [0, 0.05) is 45.6 Å². The van der Waals surface area contributed by atoms with Crippen LogP contribution >= 0.6 is 0 Å². The molecule has 0 atom stereocenters. The van der Waals surface area contributed by atoms with Gasteiger partial charge in [0.1, 0.15) is 0 Å². The third-order valence-corrected chi connectivity index (χ3v) is 3.30. The second kappa shape index (κ2) is 6.66. The smallest absolute Gasteiger partial charge is 0.225 e. The van der Waals surface area contributed by atoms with E-state index in [1.165, 1.54) is 5.56 Å². The third-order valence-electron chi connectivity index (χ3n) is 3.30. The Morgan fingerprint density at radius 3 is 2.56 bits per heavy atom. The quantitative estimate of drug-likeness (QED) is 0.773. The number of aromatic nitrogens is 2. The van der Waals surface area contributed by atoms with Gasteiger partial charge in [-0.2, -0.15) is 0 Å². The van der Waals surface area contributed by atoms with Crippen LogP contribution in [0.4, 0.5) is 5.95 Å². The molecule has 1 aliphatic heterocycles. The van der Waals surface area contributed by atoms with Gasteiger partial charge in [0.05, 0.1) is 13.2 Å². The Balaban J connectivity index is 1.80. The largest absolute Gasteiger partial charge is 0.379 e. The molecular formula is C13H22N4O. The maximum Gasteiger partial charge on any atom is 0.225 e. The van der Waals surface area contributed by atoms with Crippen molar-refractivity contribution in [3.63, 3.8) is 0 Å². The summed E-state index contributed by atoms with van der Waals surface area (Å²) in [7, 11) is 2.04. The highest BCUT2D eigenvalue weighted by atomic mass is 16.5. The lowest BCUT2D eigenvalue weighted by Crippen LogP contribution is -2.41. The standard InChI is InChI=1S/C13H22N4O/c1-3-12-10-14-13(15-11-12)16(2)4-5-17-6-8-18-9-7-17/h10-11H,3-9H2,1-2H3. The molecule has 5 heteroatoms. The molecule has 1 aliphatic rings. The highest BCUT2D eigenvalue weighted by Gasteiger charge is 2.11. The van der Waals surface area contributed by atoms with E-state index in [0.717, 1.165) is 51.8 Å². The summed E-state index contributed by atoms with van der Waals surface area (Å²) in [6.07, 6.45) is 4.80. The predicted molar refractivity (Wildman–Crippen MR) is 71.9 cm³/mol. The van der Waals surface area contributed by atoms with Crippen molar-refractivity contribution in [1.82, 2.24) is 14.9 Å². The van der Waals surface area contributed by atoms with Crippen molar-refractivity contribution >= 4 is 5.95 Å². The zero-order valence-corrected chi connectivity index (χ0v) is 11.3. The lowest BCUT2D eigenvalue weighted by molar-refractivity contribution is 0.0392. The number of hydrogen-bond acceptors (Lipinski definition) is 5. The normalized spacial score (nSPS) is 16.8. The number of ether oxygens (including phenoxy) is 1. The number of morpholine rings is 1. The first-order valence-electron chi connectivity index (χ1n) is 6.61. The van der Waals surface area contributed by atoms with Crippen LogP contribution in [0.5, 0.6) is 0 Å². The number of hydrogen-bond donors (Lipinski definition) is 0. The number of rotatable bonds is 5. The fourth-order valence-electron chi connectivity index (χ4n) is 1.94. The molecule has 2 rings (SSSR count). The molecule has 0 N–H and O–H groups in total. The second-order valence-corrected chi connectivity index (χ2v) is 4.62. The topological polar surface area (TPSA) is 41.5 Å². The van der Waals surface area contributed by atoms with Gasteiger partial charge in [-0.25, -0.2) is 9.97 Å². The molecule has 0 bridgehead atoms. The highest BCUT2D eigenvalue weighted by Crippen LogP contribution is 2.06. The molecule has 0 aromatic carbocycles. The molecule has 1 aromatic rings. The molecule has 100 valence electrons. The maximum absolute atomic E-state index is 5.34. The Hall–Kier alpha value is -1.20. The molecule has 1 fully saturated rings. The zero-order valence-electron chi connectivity index (χ0n) is 11.3. The molecule has 0 unspecified atom stereocenters. The van der Waals surface area contributed by atoms with E-state index >= 15 is 0 Å². The Kier molecular flexibility index (Phi) is 4.90. The summed E-state index contributed by atoms with van der Waals surface area (Å²) in [4.78, 5) is 13.3. The number of aryl methyl sites for hydroxylation is 1. The van der Waals surface area contributed by atoms with Gasteiger partial charge in [0.2, 0.25) is 5.95 Å². The number of nitrogens with zero attached hydrogens (tertiary/aromatic N) is 4. The van der Waals surface area contributed by atoms with E-state index in [1.54, 1.807) is 0 Å². The van der Waals surface area contributed by atoms with Gasteiger partial charge in [-0.1, -0.05) is 6.92 Å². The van der Waals surface area contributed by atoms with Gasteiger partial charge < -0.3 is 9.64 Å². The van der Waals surface area contributed by atoms with Gasteiger partial charge in [-0.3, -0.25) is 4.90 Å². The van der Waals surface area contributed by atoms with E-state index in [1.807, 2.05) is 19.4 Å². The fraction of sp³-hybridized carbons (Fsp3) is 0.692. The fourth-order valence-corrected chi connectivity index (χ4v) is 1.94. The highest BCUT2D eigenvalue weighted by molar-refractivity contribution is 5.28. The summed E-state index contributed by atoms with van der Waals surface area (Å²) in [6.45, 7) is 7.87. The minimum absolute atomic E-state index is 0.806. The lowest BCUT2D eigenvalue weighted by Gasteiger charge is -2.28. The maximum atomic E-state index is 5.34. The average molecular weight is 250 g/mol. The van der Waals surface area contributed by atoms with Crippen LogP contribution in [-0.4, -0.2) is 61.3 Å². The number of anilines is 1. The lowest BCUT2D eigenvalue weighted by atomic mass is 10.3. The minimum atomic E-state index is 0.806. The van der Waals surface area contributed by atoms with Crippen LogP contribution < -0.4 is 4.90 Å². The molecule has 0 radical (unpaired) electrons. The van der Waals surface area contributed by atoms with Crippen molar-refractivity contribution in [2.75, 3.05) is 51.3 Å². The van der Waals surface area contributed by atoms with Crippen LogP contribution in [0.3, 0.4) is 0 Å². The van der Waals surface area contributed by atoms with Gasteiger partial charge in [0.15, 0.2) is 0 Å². The molecule has 5 nitrogen and oxygen atoms in total. The van der Waals surface area contributed by atoms with Crippen molar-refractivity contribution in [3.05, 3.63) is 18.0 Å². The Labute approximate surface area is 109 Å². The van der Waals surface area contributed by atoms with Crippen LogP contribution in [0.1, 0.15) is 12.5 Å². The number of likely N-dealkylation sites (N-methyl/N-ethyl adjacent to an activating group) is 1. The van der Waals surface area contributed by atoms with Crippen LogP contribution in [0.25, 0.3) is 0 Å². The molecule has 0 aliphatic carbocycles. The molecule has 0 spiro atoms.